The number of halogens is 3. The van der Waals surface area contributed by atoms with Crippen LogP contribution in [0.3, 0.4) is 0 Å². The lowest BCUT2D eigenvalue weighted by Crippen LogP contribution is -2.14. The third kappa shape index (κ3) is 5.37. The molecule has 0 saturated heterocycles. The van der Waals surface area contributed by atoms with Gasteiger partial charge in [-0.05, 0) is 41.0 Å². The Morgan fingerprint density at radius 1 is 0.969 bits per heavy atom. The predicted molar refractivity (Wildman–Crippen MR) is 130 cm³/mol. The molecule has 0 bridgehead atoms. The van der Waals surface area contributed by atoms with E-state index in [1.807, 2.05) is 48.5 Å². The van der Waals surface area contributed by atoms with E-state index in [1.54, 1.807) is 35.3 Å². The van der Waals surface area contributed by atoms with Gasteiger partial charge in [-0.1, -0.05) is 88.5 Å². The molecule has 5 nitrogen and oxygen atoms in total. The number of aromatic nitrogens is 3. The van der Waals surface area contributed by atoms with Crippen molar-refractivity contribution < 1.29 is 4.84 Å². The van der Waals surface area contributed by atoms with Crippen LogP contribution in [-0.4, -0.2) is 20.5 Å². The molecule has 32 heavy (non-hydrogen) atoms. The summed E-state index contributed by atoms with van der Waals surface area (Å²) in [4.78, 5) is 9.54. The molecule has 0 fully saturated rings. The fraction of sp³-hybridized carbons (Fsp3) is 0.0417. The number of hydrogen-bond acceptors (Lipinski definition) is 4. The van der Waals surface area contributed by atoms with Gasteiger partial charge in [0.25, 0.3) is 0 Å². The van der Waals surface area contributed by atoms with E-state index < -0.39 is 0 Å². The van der Waals surface area contributed by atoms with Crippen LogP contribution in [0.1, 0.15) is 11.1 Å². The van der Waals surface area contributed by atoms with Crippen molar-refractivity contribution in [2.24, 2.45) is 5.16 Å². The maximum atomic E-state index is 6.63. The Bertz CT molecular complexity index is 1260. The lowest BCUT2D eigenvalue weighted by molar-refractivity contribution is 0.269. The second-order valence-corrected chi connectivity index (χ2v) is 7.98. The maximum Gasteiger partial charge on any atom is 0.137 e. The topological polar surface area (TPSA) is 52.3 Å². The molecule has 160 valence electrons. The van der Waals surface area contributed by atoms with E-state index in [1.165, 1.54) is 12.6 Å². The SMILES string of the molecule is Clc1ccc(/C=C/O/N=C(\Cn2cncn2)c2c(Cl)cccc2-c2ccccc2)c(Cl)c1. The van der Waals surface area contributed by atoms with Crippen molar-refractivity contribution in [2.75, 3.05) is 0 Å². The molecule has 0 amide bonds. The van der Waals surface area contributed by atoms with E-state index in [4.69, 9.17) is 39.6 Å². The van der Waals surface area contributed by atoms with E-state index in [-0.39, 0.29) is 0 Å². The first kappa shape index (κ1) is 22.1. The average Bonchev–Trinajstić information content (AvgIpc) is 3.31. The zero-order valence-corrected chi connectivity index (χ0v) is 19.0. The van der Waals surface area contributed by atoms with Crippen molar-refractivity contribution in [2.45, 2.75) is 6.54 Å². The van der Waals surface area contributed by atoms with Gasteiger partial charge >= 0.3 is 0 Å². The minimum Gasteiger partial charge on any atom is -0.364 e. The maximum absolute atomic E-state index is 6.63. The Morgan fingerprint density at radius 2 is 1.81 bits per heavy atom. The van der Waals surface area contributed by atoms with Gasteiger partial charge in [0, 0.05) is 15.6 Å². The average molecular weight is 484 g/mol. The molecule has 0 aliphatic carbocycles. The molecule has 1 heterocycles. The summed E-state index contributed by atoms with van der Waals surface area (Å²) in [5, 5.41) is 10.2. The quantitative estimate of drug-likeness (QED) is 0.162. The van der Waals surface area contributed by atoms with Crippen LogP contribution in [0.25, 0.3) is 17.2 Å². The Hall–Kier alpha value is -3.12. The van der Waals surface area contributed by atoms with Gasteiger partial charge in [-0.25, -0.2) is 9.67 Å². The van der Waals surface area contributed by atoms with Crippen LogP contribution >= 0.6 is 34.8 Å². The van der Waals surface area contributed by atoms with Crippen molar-refractivity contribution in [3.63, 3.8) is 0 Å². The van der Waals surface area contributed by atoms with E-state index in [9.17, 15) is 0 Å². The molecule has 0 aliphatic heterocycles. The highest BCUT2D eigenvalue weighted by molar-refractivity contribution is 6.36. The molecule has 0 saturated carbocycles. The van der Waals surface area contributed by atoms with E-state index >= 15 is 0 Å². The fourth-order valence-corrected chi connectivity index (χ4v) is 3.89. The van der Waals surface area contributed by atoms with Crippen LogP contribution in [0.2, 0.25) is 15.1 Å². The van der Waals surface area contributed by atoms with Gasteiger partial charge in [0.15, 0.2) is 0 Å². The third-order valence-electron chi connectivity index (χ3n) is 4.60. The van der Waals surface area contributed by atoms with Gasteiger partial charge in [-0.3, -0.25) is 0 Å². The van der Waals surface area contributed by atoms with Gasteiger partial charge in [-0.2, -0.15) is 5.10 Å². The number of nitrogens with zero attached hydrogens (tertiary/aromatic N) is 4. The van der Waals surface area contributed by atoms with Gasteiger partial charge in [0.2, 0.25) is 0 Å². The molecule has 8 heteroatoms. The zero-order chi connectivity index (χ0) is 22.3. The molecule has 4 rings (SSSR count). The third-order valence-corrected chi connectivity index (χ3v) is 5.48. The summed E-state index contributed by atoms with van der Waals surface area (Å²) in [5.41, 5.74) is 4.05. The minimum atomic E-state index is 0.319. The van der Waals surface area contributed by atoms with E-state index in [2.05, 4.69) is 15.2 Å². The molecule has 0 atom stereocenters. The molecule has 0 aliphatic rings. The molecule has 0 N–H and O–H groups in total. The summed E-state index contributed by atoms with van der Waals surface area (Å²) < 4.78 is 1.65. The van der Waals surface area contributed by atoms with Crippen LogP contribution in [0.4, 0.5) is 0 Å². The Labute approximate surface area is 200 Å². The number of benzene rings is 3. The molecule has 0 unspecified atom stereocenters. The largest absolute Gasteiger partial charge is 0.364 e. The highest BCUT2D eigenvalue weighted by atomic mass is 35.5. The smallest absolute Gasteiger partial charge is 0.137 e. The van der Waals surface area contributed by atoms with Gasteiger partial charge in [0.05, 0.1) is 11.6 Å². The van der Waals surface area contributed by atoms with Crippen molar-refractivity contribution in [1.29, 1.82) is 0 Å². The van der Waals surface area contributed by atoms with Crippen LogP contribution in [0, 0.1) is 0 Å². The van der Waals surface area contributed by atoms with Crippen LogP contribution in [-0.2, 0) is 11.4 Å². The first-order valence-corrected chi connectivity index (χ1v) is 10.8. The minimum absolute atomic E-state index is 0.319. The Morgan fingerprint density at radius 3 is 2.56 bits per heavy atom. The summed E-state index contributed by atoms with van der Waals surface area (Å²) in [6, 6.07) is 20.9. The second-order valence-electron chi connectivity index (χ2n) is 6.73. The Balaban J connectivity index is 1.69. The highest BCUT2D eigenvalue weighted by Crippen LogP contribution is 2.30. The van der Waals surface area contributed by atoms with Crippen molar-refractivity contribution in [3.05, 3.63) is 112 Å². The van der Waals surface area contributed by atoms with E-state index in [0.717, 1.165) is 22.3 Å². The summed E-state index contributed by atoms with van der Waals surface area (Å²) in [6.45, 7) is 0.319. The van der Waals surface area contributed by atoms with E-state index in [0.29, 0.717) is 27.3 Å². The standard InChI is InChI=1S/C24H17Cl3N4O/c25-19-10-9-18(22(27)13-19)11-12-32-30-23(14-31-16-28-15-29-31)24-20(7-4-8-21(24)26)17-5-2-1-3-6-17/h1-13,15-16H,14H2/b12-11+,30-23+. The van der Waals surface area contributed by atoms with Crippen LogP contribution < -0.4 is 0 Å². The number of oxime groups is 1. The summed E-state index contributed by atoms with van der Waals surface area (Å²) in [6.07, 6.45) is 6.24. The molecule has 4 aromatic rings. The second kappa shape index (κ2) is 10.5. The first-order valence-electron chi connectivity index (χ1n) is 9.63. The summed E-state index contributed by atoms with van der Waals surface area (Å²) >= 11 is 18.8. The molecule has 3 aromatic carbocycles. The molecule has 0 radical (unpaired) electrons. The summed E-state index contributed by atoms with van der Waals surface area (Å²) in [7, 11) is 0. The summed E-state index contributed by atoms with van der Waals surface area (Å²) in [5.74, 6) is 0. The lowest BCUT2D eigenvalue weighted by atomic mass is 9.96. The Kier molecular flexibility index (Phi) is 7.22. The highest BCUT2D eigenvalue weighted by Gasteiger charge is 2.17. The fourth-order valence-electron chi connectivity index (χ4n) is 3.13. The molecule has 0 spiro atoms. The van der Waals surface area contributed by atoms with Gasteiger partial charge < -0.3 is 4.84 Å². The van der Waals surface area contributed by atoms with Crippen molar-refractivity contribution >= 4 is 46.6 Å². The monoisotopic (exact) mass is 482 g/mol. The van der Waals surface area contributed by atoms with Gasteiger partial charge in [0.1, 0.15) is 24.6 Å². The molecule has 1 aromatic heterocycles. The van der Waals surface area contributed by atoms with Crippen molar-refractivity contribution in [1.82, 2.24) is 14.8 Å². The first-order chi connectivity index (χ1) is 15.6. The normalized spacial score (nSPS) is 11.8. The van der Waals surface area contributed by atoms with Crippen molar-refractivity contribution in [3.8, 4) is 11.1 Å². The molecular formula is C24H17Cl3N4O. The van der Waals surface area contributed by atoms with Gasteiger partial charge in [-0.15, -0.1) is 0 Å². The number of rotatable bonds is 7. The molecular weight excluding hydrogens is 467 g/mol. The predicted octanol–water partition coefficient (Wildman–Crippen LogP) is 7.00. The van der Waals surface area contributed by atoms with Crippen LogP contribution in [0.15, 0.2) is 90.8 Å². The van der Waals surface area contributed by atoms with Crippen LogP contribution in [0.5, 0.6) is 0 Å². The lowest BCUT2D eigenvalue weighted by Gasteiger charge is -2.14. The number of hydrogen-bond donors (Lipinski definition) is 0. The zero-order valence-electron chi connectivity index (χ0n) is 16.7.